The third-order valence-electron chi connectivity index (χ3n) is 8.30. The van der Waals surface area contributed by atoms with E-state index in [1.807, 2.05) is 13.0 Å². The molecule has 0 spiro atoms. The summed E-state index contributed by atoms with van der Waals surface area (Å²) in [4.78, 5) is 29.5. The van der Waals surface area contributed by atoms with Gasteiger partial charge in [-0.1, -0.05) is 63.3 Å². The molecule has 7 nitrogen and oxygen atoms in total. The van der Waals surface area contributed by atoms with Crippen molar-refractivity contribution in [3.05, 3.63) is 41.6 Å². The number of ether oxygens (including phenoxy) is 1. The maximum absolute atomic E-state index is 13.9. The summed E-state index contributed by atoms with van der Waals surface area (Å²) in [5, 5.41) is 8.14. The predicted octanol–water partition coefficient (Wildman–Crippen LogP) is 4.74. The van der Waals surface area contributed by atoms with Crippen molar-refractivity contribution in [3.63, 3.8) is 0 Å². The number of carbonyl (C=O) groups is 2. The number of aromatic nitrogens is 2. The molecule has 194 valence electrons. The molecular formula is C29H40N4O3. The highest BCUT2D eigenvalue weighted by Gasteiger charge is 2.49. The zero-order chi connectivity index (χ0) is 25.1. The Hall–Kier alpha value is -2.67. The lowest BCUT2D eigenvalue weighted by Crippen LogP contribution is -2.66. The molecule has 0 radical (unpaired) electrons. The van der Waals surface area contributed by atoms with Crippen molar-refractivity contribution >= 4 is 11.8 Å². The first-order valence-electron chi connectivity index (χ1n) is 13.9. The molecule has 1 aromatic heterocycles. The Balaban J connectivity index is 1.43. The van der Waals surface area contributed by atoms with E-state index in [0.717, 1.165) is 56.2 Å². The third kappa shape index (κ3) is 5.08. The van der Waals surface area contributed by atoms with Crippen molar-refractivity contribution in [1.82, 2.24) is 20.0 Å². The molecule has 1 aliphatic carbocycles. The van der Waals surface area contributed by atoms with Gasteiger partial charge >= 0.3 is 0 Å². The molecule has 0 bridgehead atoms. The van der Waals surface area contributed by atoms with E-state index >= 15 is 0 Å². The minimum absolute atomic E-state index is 0.0296. The Labute approximate surface area is 214 Å². The highest BCUT2D eigenvalue weighted by molar-refractivity contribution is 6.00. The van der Waals surface area contributed by atoms with Gasteiger partial charge < -0.3 is 15.0 Å². The number of fused-ring (bicyclic) bond motifs is 1. The van der Waals surface area contributed by atoms with Crippen molar-refractivity contribution in [2.24, 2.45) is 0 Å². The zero-order valence-corrected chi connectivity index (χ0v) is 21.8. The topological polar surface area (TPSA) is 76.5 Å². The molecule has 2 aromatic rings. The van der Waals surface area contributed by atoms with E-state index in [9.17, 15) is 9.59 Å². The minimum Gasteiger partial charge on any atom is -0.376 e. The van der Waals surface area contributed by atoms with Crippen molar-refractivity contribution < 1.29 is 14.3 Å². The number of nitrogens with zero attached hydrogens (tertiary/aromatic N) is 3. The molecule has 1 aromatic carbocycles. The highest BCUT2D eigenvalue weighted by Crippen LogP contribution is 2.32. The molecule has 7 heteroatoms. The van der Waals surface area contributed by atoms with E-state index in [2.05, 4.69) is 36.5 Å². The number of hydrogen-bond donors (Lipinski definition) is 1. The first-order chi connectivity index (χ1) is 17.5. The SMILES string of the molecule is CCc1ccc(-c2cc3n(n2)C[C@](C)(C(=O)NC2CCCCCCC2)N(C[C@@H]2CCCO2)C3=O)cc1. The van der Waals surface area contributed by atoms with Crippen LogP contribution in [0.4, 0.5) is 0 Å². The van der Waals surface area contributed by atoms with E-state index in [4.69, 9.17) is 9.84 Å². The second-order valence-electron chi connectivity index (χ2n) is 11.0. The smallest absolute Gasteiger partial charge is 0.273 e. The number of benzene rings is 1. The standard InChI is InChI=1S/C29H40N4O3/c1-3-21-13-15-22(16-14-21)25-18-26-27(34)32(19-24-12-9-17-36-24)29(2,20-33(26)31-25)28(35)30-23-10-7-5-4-6-8-11-23/h13-16,18,23-24H,3-12,17,19-20H2,1-2H3,(H,30,35)/t24-,29+/m0/s1. The van der Waals surface area contributed by atoms with E-state index in [0.29, 0.717) is 25.4 Å². The fourth-order valence-corrected chi connectivity index (χ4v) is 5.91. The minimum atomic E-state index is -1.02. The second-order valence-corrected chi connectivity index (χ2v) is 11.0. The van der Waals surface area contributed by atoms with Gasteiger partial charge in [0, 0.05) is 24.8 Å². The van der Waals surface area contributed by atoms with Gasteiger partial charge in [-0.2, -0.15) is 5.10 Å². The molecule has 0 unspecified atom stereocenters. The largest absolute Gasteiger partial charge is 0.376 e. The molecule has 1 N–H and O–H groups in total. The lowest BCUT2D eigenvalue weighted by molar-refractivity contribution is -0.134. The van der Waals surface area contributed by atoms with Crippen LogP contribution in [0.25, 0.3) is 11.3 Å². The van der Waals surface area contributed by atoms with Crippen LogP contribution in [0, 0.1) is 0 Å². The molecule has 2 aliphatic heterocycles. The molecule has 1 saturated carbocycles. The van der Waals surface area contributed by atoms with Crippen molar-refractivity contribution in [2.45, 2.75) is 102 Å². The number of carbonyl (C=O) groups excluding carboxylic acids is 2. The Bertz CT molecular complexity index is 1060. The van der Waals surface area contributed by atoms with Gasteiger partial charge in [0.15, 0.2) is 0 Å². The van der Waals surface area contributed by atoms with Gasteiger partial charge in [0.1, 0.15) is 11.2 Å². The Morgan fingerprint density at radius 1 is 1.08 bits per heavy atom. The van der Waals surface area contributed by atoms with Gasteiger partial charge in [-0.3, -0.25) is 14.3 Å². The molecule has 5 rings (SSSR count). The number of amides is 2. The van der Waals surface area contributed by atoms with E-state index in [1.165, 1.54) is 24.8 Å². The second kappa shape index (κ2) is 10.8. The summed E-state index contributed by atoms with van der Waals surface area (Å²) in [5.74, 6) is -0.217. The first kappa shape index (κ1) is 25.0. The van der Waals surface area contributed by atoms with Crippen molar-refractivity contribution in [1.29, 1.82) is 0 Å². The van der Waals surface area contributed by atoms with Gasteiger partial charge in [0.2, 0.25) is 5.91 Å². The molecular weight excluding hydrogens is 452 g/mol. The maximum atomic E-state index is 13.9. The number of hydrogen-bond acceptors (Lipinski definition) is 4. The molecule has 1 saturated heterocycles. The van der Waals surface area contributed by atoms with E-state index < -0.39 is 5.54 Å². The molecule has 36 heavy (non-hydrogen) atoms. The third-order valence-corrected chi connectivity index (χ3v) is 8.30. The first-order valence-corrected chi connectivity index (χ1v) is 13.9. The molecule has 3 aliphatic rings. The van der Waals surface area contributed by atoms with Crippen LogP contribution in [0.2, 0.25) is 0 Å². The summed E-state index contributed by atoms with van der Waals surface area (Å²) in [6.07, 6.45) is 10.9. The van der Waals surface area contributed by atoms with E-state index in [-0.39, 0.29) is 24.0 Å². The summed E-state index contributed by atoms with van der Waals surface area (Å²) in [5.41, 5.74) is 2.53. The van der Waals surface area contributed by atoms with Crippen LogP contribution in [-0.4, -0.2) is 57.3 Å². The summed E-state index contributed by atoms with van der Waals surface area (Å²) < 4.78 is 7.64. The zero-order valence-electron chi connectivity index (χ0n) is 21.8. The Morgan fingerprint density at radius 3 is 2.47 bits per heavy atom. The average Bonchev–Trinajstić information content (AvgIpc) is 3.53. The van der Waals surface area contributed by atoms with Crippen molar-refractivity contribution in [3.8, 4) is 11.3 Å². The van der Waals surface area contributed by atoms with Crippen LogP contribution in [0.3, 0.4) is 0 Å². The average molecular weight is 493 g/mol. The Kier molecular flexibility index (Phi) is 7.47. The predicted molar refractivity (Wildman–Crippen MR) is 140 cm³/mol. The van der Waals surface area contributed by atoms with Crippen molar-refractivity contribution in [2.75, 3.05) is 13.2 Å². The quantitative estimate of drug-likeness (QED) is 0.632. The van der Waals surface area contributed by atoms with Crippen LogP contribution in [0.5, 0.6) is 0 Å². The molecule has 3 heterocycles. The summed E-state index contributed by atoms with van der Waals surface area (Å²) in [6, 6.07) is 10.4. The fraction of sp³-hybridized carbons (Fsp3) is 0.621. The van der Waals surface area contributed by atoms with Gasteiger partial charge in [-0.05, 0) is 50.7 Å². The fourth-order valence-electron chi connectivity index (χ4n) is 5.91. The number of aryl methyl sites for hydroxylation is 1. The van der Waals surface area contributed by atoms with Crippen LogP contribution >= 0.6 is 0 Å². The summed E-state index contributed by atoms with van der Waals surface area (Å²) >= 11 is 0. The van der Waals surface area contributed by atoms with E-state index in [1.54, 1.807) is 9.58 Å². The molecule has 2 fully saturated rings. The molecule has 2 atom stereocenters. The van der Waals surface area contributed by atoms with Crippen LogP contribution in [0.15, 0.2) is 30.3 Å². The lowest BCUT2D eigenvalue weighted by Gasteiger charge is -2.44. The lowest BCUT2D eigenvalue weighted by atomic mass is 9.92. The highest BCUT2D eigenvalue weighted by atomic mass is 16.5. The maximum Gasteiger partial charge on any atom is 0.273 e. The monoisotopic (exact) mass is 492 g/mol. The van der Waals surface area contributed by atoms with Crippen LogP contribution in [-0.2, 0) is 22.5 Å². The normalized spacial score (nSPS) is 25.3. The number of rotatable bonds is 6. The van der Waals surface area contributed by atoms with Crippen LogP contribution < -0.4 is 5.32 Å². The summed E-state index contributed by atoms with van der Waals surface area (Å²) in [6.45, 7) is 5.52. The van der Waals surface area contributed by atoms with Gasteiger partial charge in [0.05, 0.1) is 18.3 Å². The van der Waals surface area contributed by atoms with Crippen LogP contribution in [0.1, 0.15) is 87.7 Å². The Morgan fingerprint density at radius 2 is 1.81 bits per heavy atom. The van der Waals surface area contributed by atoms with Gasteiger partial charge in [-0.25, -0.2) is 0 Å². The summed E-state index contributed by atoms with van der Waals surface area (Å²) in [7, 11) is 0. The molecule has 2 amide bonds. The van der Waals surface area contributed by atoms with Gasteiger partial charge in [0.25, 0.3) is 5.91 Å². The number of nitrogens with one attached hydrogen (secondary N) is 1. The van der Waals surface area contributed by atoms with Gasteiger partial charge in [-0.15, -0.1) is 0 Å².